The van der Waals surface area contributed by atoms with E-state index < -0.39 is 23.7 Å². The number of aromatic nitrogens is 4. The number of nitrogens with one attached hydrogen (secondary N) is 1. The summed E-state index contributed by atoms with van der Waals surface area (Å²) in [5.74, 6) is -0.392. The van der Waals surface area contributed by atoms with Crippen LogP contribution in [0.3, 0.4) is 0 Å². The number of hydrogen-bond donors (Lipinski definition) is 3. The van der Waals surface area contributed by atoms with Gasteiger partial charge in [0, 0.05) is 35.8 Å². The summed E-state index contributed by atoms with van der Waals surface area (Å²) in [5.41, 5.74) is 6.65. The fourth-order valence-corrected chi connectivity index (χ4v) is 5.40. The van der Waals surface area contributed by atoms with Gasteiger partial charge < -0.3 is 25.8 Å². The smallest absolute Gasteiger partial charge is 0.416 e. The highest BCUT2D eigenvalue weighted by Gasteiger charge is 2.34. The maximum Gasteiger partial charge on any atom is 0.416 e. The summed E-state index contributed by atoms with van der Waals surface area (Å²) < 4.78 is 46.8. The van der Waals surface area contributed by atoms with Gasteiger partial charge in [0.15, 0.2) is 0 Å². The maximum atomic E-state index is 13.1. The van der Waals surface area contributed by atoms with E-state index in [1.165, 1.54) is 23.2 Å². The van der Waals surface area contributed by atoms with Crippen LogP contribution in [0.2, 0.25) is 5.15 Å². The minimum atomic E-state index is -4.60. The molecular formula is C28H27ClF3N7O4. The van der Waals surface area contributed by atoms with Gasteiger partial charge in [0.1, 0.15) is 39.6 Å². The summed E-state index contributed by atoms with van der Waals surface area (Å²) in [6.45, 7) is 4.02. The zero-order valence-corrected chi connectivity index (χ0v) is 23.8. The topological polar surface area (TPSA) is 148 Å². The van der Waals surface area contributed by atoms with Crippen molar-refractivity contribution in [3.8, 4) is 17.0 Å². The lowest BCUT2D eigenvalue weighted by Crippen LogP contribution is -2.44. The number of hydrogen-bond acceptors (Lipinski definition) is 7. The van der Waals surface area contributed by atoms with Crippen LogP contribution >= 0.6 is 11.6 Å². The fourth-order valence-electron chi connectivity index (χ4n) is 5.18. The molecular weight excluding hydrogens is 591 g/mol. The zero-order valence-electron chi connectivity index (χ0n) is 23.0. The molecule has 2 amide bonds. The number of carbonyl (C=O) groups excluding carboxylic acids is 1. The number of alkyl halides is 3. The molecule has 226 valence electrons. The third kappa shape index (κ3) is 5.87. The molecule has 11 nitrogen and oxygen atoms in total. The lowest BCUT2D eigenvalue weighted by molar-refractivity contribution is -0.137. The van der Waals surface area contributed by atoms with Crippen LogP contribution in [0.25, 0.3) is 16.8 Å². The van der Waals surface area contributed by atoms with Gasteiger partial charge in [-0.3, -0.25) is 9.20 Å². The van der Waals surface area contributed by atoms with Gasteiger partial charge in [-0.1, -0.05) is 11.6 Å². The Morgan fingerprint density at radius 1 is 1.21 bits per heavy atom. The quantitative estimate of drug-likeness (QED) is 0.241. The van der Waals surface area contributed by atoms with Crippen LogP contribution in [0.4, 0.5) is 29.6 Å². The minimum absolute atomic E-state index is 0.0950. The molecule has 0 bridgehead atoms. The second-order valence-electron chi connectivity index (χ2n) is 10.1. The first kappa shape index (κ1) is 29.9. The van der Waals surface area contributed by atoms with Gasteiger partial charge in [-0.2, -0.15) is 13.2 Å². The van der Waals surface area contributed by atoms with E-state index in [4.69, 9.17) is 27.1 Å². The molecule has 1 fully saturated rings. The number of anilines is 2. The van der Waals surface area contributed by atoms with Crippen LogP contribution < -0.4 is 15.8 Å². The number of imidazole rings is 1. The van der Waals surface area contributed by atoms with Crippen molar-refractivity contribution in [1.82, 2.24) is 24.3 Å². The second-order valence-corrected chi connectivity index (χ2v) is 10.4. The van der Waals surface area contributed by atoms with Gasteiger partial charge in [-0.15, -0.1) is 0 Å². The molecule has 4 N–H and O–H groups in total. The van der Waals surface area contributed by atoms with E-state index in [-0.39, 0.29) is 53.2 Å². The van der Waals surface area contributed by atoms with Crippen LogP contribution in [0.1, 0.15) is 54.4 Å². The first-order valence-corrected chi connectivity index (χ1v) is 13.7. The number of likely N-dealkylation sites (tertiary alicyclic amines) is 1. The van der Waals surface area contributed by atoms with E-state index >= 15 is 0 Å². The first-order valence-electron chi connectivity index (χ1n) is 13.3. The molecule has 0 saturated carbocycles. The van der Waals surface area contributed by atoms with E-state index in [2.05, 4.69) is 15.3 Å². The van der Waals surface area contributed by atoms with Crippen molar-refractivity contribution in [1.29, 1.82) is 0 Å². The van der Waals surface area contributed by atoms with E-state index in [0.29, 0.717) is 35.4 Å². The molecule has 1 saturated heterocycles. The van der Waals surface area contributed by atoms with Gasteiger partial charge in [-0.05, 0) is 57.0 Å². The highest BCUT2D eigenvalue weighted by Crippen LogP contribution is 2.40. The normalized spacial score (nSPS) is 17.2. The molecule has 0 aliphatic carbocycles. The van der Waals surface area contributed by atoms with E-state index in [9.17, 15) is 27.9 Å². The Labute approximate surface area is 248 Å². The standard InChI is InChI=1S/C28H27ClF3N7O4/c1-3-43-19-10-15(26(40)36-21-11-17(8-9-34-21)28(30,31)32)6-7-18(19)22-23-24(33)35-12-20(29)39(23)25(37-22)16-5-4-14(2)38(13-16)27(41)42/h6-12,14,16H,3-5,13H2,1-2H3,(H2,33,35)(H,41,42)(H,34,36,40)/t14-,16+/m0/s1. The number of fused-ring (bicyclic) bond motifs is 1. The van der Waals surface area contributed by atoms with Gasteiger partial charge in [0.2, 0.25) is 0 Å². The van der Waals surface area contributed by atoms with E-state index in [1.807, 2.05) is 6.92 Å². The van der Waals surface area contributed by atoms with Crippen LogP contribution in [-0.4, -0.2) is 60.6 Å². The molecule has 1 aliphatic heterocycles. The number of nitrogens with two attached hydrogens (primary N) is 1. The predicted molar refractivity (Wildman–Crippen MR) is 152 cm³/mol. The summed E-state index contributed by atoms with van der Waals surface area (Å²) in [6.07, 6.45) is -2.01. The summed E-state index contributed by atoms with van der Waals surface area (Å²) in [4.78, 5) is 39.1. The third-order valence-corrected chi connectivity index (χ3v) is 7.56. The van der Waals surface area contributed by atoms with Crippen LogP contribution in [0.15, 0.2) is 42.7 Å². The van der Waals surface area contributed by atoms with Gasteiger partial charge >= 0.3 is 12.3 Å². The number of carbonyl (C=O) groups is 2. The van der Waals surface area contributed by atoms with Crippen LogP contribution in [0.5, 0.6) is 5.75 Å². The molecule has 2 atom stereocenters. The van der Waals surface area contributed by atoms with Crippen molar-refractivity contribution < 1.29 is 32.6 Å². The van der Waals surface area contributed by atoms with Crippen molar-refractivity contribution >= 4 is 40.8 Å². The Hall–Kier alpha value is -4.59. The second kappa shape index (κ2) is 11.6. The fraction of sp³-hybridized carbons (Fsp3) is 0.321. The Bertz CT molecular complexity index is 1710. The number of amides is 2. The molecule has 3 aromatic heterocycles. The first-order chi connectivity index (χ1) is 20.4. The van der Waals surface area contributed by atoms with Gasteiger partial charge in [-0.25, -0.2) is 19.7 Å². The third-order valence-electron chi connectivity index (χ3n) is 7.29. The molecule has 4 aromatic rings. The molecule has 15 heteroatoms. The molecule has 4 heterocycles. The van der Waals surface area contributed by atoms with Gasteiger partial charge in [0.05, 0.1) is 18.4 Å². The average molecular weight is 618 g/mol. The number of piperidine rings is 1. The molecule has 1 aliphatic rings. The van der Waals surface area contributed by atoms with Crippen molar-refractivity contribution in [2.45, 2.75) is 44.8 Å². The van der Waals surface area contributed by atoms with Crippen molar-refractivity contribution in [2.75, 3.05) is 24.2 Å². The molecule has 1 aromatic carbocycles. The SMILES string of the molecule is CCOc1cc(C(=O)Nc2cc(C(F)(F)F)ccn2)ccc1-c1nc([C@@H]2CC[C@H](C)N(C(=O)O)C2)n2c(Cl)cnc(N)c12. The number of nitrogen functional groups attached to an aromatic ring is 1. The Morgan fingerprint density at radius 3 is 2.67 bits per heavy atom. The molecule has 0 radical (unpaired) electrons. The number of nitrogens with zero attached hydrogens (tertiary/aromatic N) is 5. The lowest BCUT2D eigenvalue weighted by atomic mass is 9.93. The van der Waals surface area contributed by atoms with Crippen LogP contribution in [0, 0.1) is 0 Å². The summed E-state index contributed by atoms with van der Waals surface area (Å²) in [7, 11) is 0. The molecule has 0 unspecified atom stereocenters. The highest BCUT2D eigenvalue weighted by atomic mass is 35.5. The molecule has 0 spiro atoms. The lowest BCUT2D eigenvalue weighted by Gasteiger charge is -2.35. The minimum Gasteiger partial charge on any atom is -0.493 e. The summed E-state index contributed by atoms with van der Waals surface area (Å²) in [5, 5.41) is 12.3. The van der Waals surface area contributed by atoms with Gasteiger partial charge in [0.25, 0.3) is 5.91 Å². The van der Waals surface area contributed by atoms with Crippen molar-refractivity contribution in [3.05, 3.63) is 64.8 Å². The number of halogens is 4. The summed E-state index contributed by atoms with van der Waals surface area (Å²) in [6, 6.07) is 5.88. The molecule has 5 rings (SSSR count). The largest absolute Gasteiger partial charge is 0.493 e. The zero-order chi connectivity index (χ0) is 31.1. The van der Waals surface area contributed by atoms with E-state index in [0.717, 1.165) is 18.3 Å². The number of ether oxygens (including phenoxy) is 1. The summed E-state index contributed by atoms with van der Waals surface area (Å²) >= 11 is 6.58. The molecule has 43 heavy (non-hydrogen) atoms. The number of pyridine rings is 1. The van der Waals surface area contributed by atoms with Crippen molar-refractivity contribution in [2.24, 2.45) is 0 Å². The highest BCUT2D eigenvalue weighted by molar-refractivity contribution is 6.30. The maximum absolute atomic E-state index is 13.1. The Balaban J connectivity index is 1.56. The Morgan fingerprint density at radius 2 is 1.98 bits per heavy atom. The monoisotopic (exact) mass is 617 g/mol. The average Bonchev–Trinajstić information content (AvgIpc) is 3.37. The number of benzene rings is 1. The number of rotatable bonds is 6. The van der Waals surface area contributed by atoms with Crippen LogP contribution in [-0.2, 0) is 6.18 Å². The van der Waals surface area contributed by atoms with E-state index in [1.54, 1.807) is 17.4 Å². The Kier molecular flexibility index (Phi) is 8.06. The van der Waals surface area contributed by atoms with Crippen molar-refractivity contribution in [3.63, 3.8) is 0 Å². The predicted octanol–water partition coefficient (Wildman–Crippen LogP) is 5.94. The number of carboxylic acid groups (broad SMARTS) is 1.